The van der Waals surface area contributed by atoms with Gasteiger partial charge < -0.3 is 19.1 Å². The first kappa shape index (κ1) is 29.0. The van der Waals surface area contributed by atoms with Gasteiger partial charge in [0.2, 0.25) is 5.88 Å². The van der Waals surface area contributed by atoms with Crippen molar-refractivity contribution in [3.63, 3.8) is 0 Å². The van der Waals surface area contributed by atoms with E-state index in [0.717, 1.165) is 91.9 Å². The Labute approximate surface area is 270 Å². The van der Waals surface area contributed by atoms with Gasteiger partial charge >= 0.3 is 5.97 Å². The smallest absolute Gasteiger partial charge is 0.354 e. The first-order valence-corrected chi connectivity index (χ1v) is 16.5. The fourth-order valence-electron chi connectivity index (χ4n) is 6.99. The molecule has 0 aliphatic heterocycles. The van der Waals surface area contributed by atoms with Gasteiger partial charge in [-0.05, 0) is 92.7 Å². The zero-order valence-corrected chi connectivity index (χ0v) is 26.2. The molecule has 0 amide bonds. The lowest BCUT2D eigenvalue weighted by Crippen LogP contribution is -2.46. The van der Waals surface area contributed by atoms with Gasteiger partial charge in [-0.1, -0.05) is 52.6 Å². The summed E-state index contributed by atoms with van der Waals surface area (Å²) in [5.74, 6) is 0.624. The van der Waals surface area contributed by atoms with Crippen LogP contribution in [0, 0.1) is 5.41 Å². The number of aromatic nitrogens is 3. The number of carboxylic acids is 1. The van der Waals surface area contributed by atoms with E-state index in [1.54, 1.807) is 18.5 Å². The Morgan fingerprint density at radius 2 is 1.76 bits per heavy atom. The van der Waals surface area contributed by atoms with E-state index in [9.17, 15) is 9.90 Å². The summed E-state index contributed by atoms with van der Waals surface area (Å²) in [5.41, 5.74) is 3.29. The summed E-state index contributed by atoms with van der Waals surface area (Å²) in [4.78, 5) is 20.0. The van der Waals surface area contributed by atoms with Crippen LogP contribution in [0.4, 0.5) is 0 Å². The number of fused-ring (bicyclic) bond motifs is 4. The van der Waals surface area contributed by atoms with Crippen molar-refractivity contribution in [1.29, 1.82) is 0 Å². The van der Waals surface area contributed by atoms with E-state index in [4.69, 9.17) is 37.2 Å². The van der Waals surface area contributed by atoms with Crippen LogP contribution in [-0.4, -0.2) is 37.9 Å². The van der Waals surface area contributed by atoms with Gasteiger partial charge in [0, 0.05) is 34.8 Å². The predicted molar refractivity (Wildman–Crippen MR) is 171 cm³/mol. The van der Waals surface area contributed by atoms with Crippen molar-refractivity contribution >= 4 is 46.0 Å². The summed E-state index contributed by atoms with van der Waals surface area (Å²) in [6.07, 6.45) is 18.2. The molecule has 5 aliphatic rings. The highest BCUT2D eigenvalue weighted by Crippen LogP contribution is 2.55. The number of rotatable bonds is 10. The minimum absolute atomic E-state index is 0.00410. The number of ether oxygens (including phenoxy) is 2. The minimum atomic E-state index is -1.05. The Balaban J connectivity index is 0.983. The van der Waals surface area contributed by atoms with Gasteiger partial charge in [0.05, 0.1) is 22.3 Å². The topological polar surface area (TPSA) is 108 Å². The van der Waals surface area contributed by atoms with Crippen LogP contribution in [0.2, 0.25) is 10.0 Å². The van der Waals surface area contributed by atoms with Crippen molar-refractivity contribution < 1.29 is 23.9 Å². The van der Waals surface area contributed by atoms with Crippen LogP contribution in [0.15, 0.2) is 47.3 Å². The fourth-order valence-corrected chi connectivity index (χ4v) is 7.53. The van der Waals surface area contributed by atoms with E-state index < -0.39 is 5.97 Å². The Kier molecular flexibility index (Phi) is 7.15. The molecule has 8 nitrogen and oxygen atoms in total. The normalized spacial score (nSPS) is 24.5. The van der Waals surface area contributed by atoms with Crippen LogP contribution in [-0.2, 0) is 11.3 Å². The average Bonchev–Trinajstić information content (AvgIpc) is 3.99. The maximum absolute atomic E-state index is 11.6. The first-order chi connectivity index (χ1) is 21.8. The van der Waals surface area contributed by atoms with Gasteiger partial charge in [-0.3, -0.25) is 4.98 Å². The molecule has 3 heterocycles. The van der Waals surface area contributed by atoms with Crippen molar-refractivity contribution in [2.45, 2.75) is 88.4 Å². The molecule has 3 aromatic heterocycles. The number of benzene rings is 1. The number of carbonyl (C=O) groups is 1. The third-order valence-electron chi connectivity index (χ3n) is 10.1. The highest BCUT2D eigenvalue weighted by Gasteiger charge is 2.48. The molecule has 0 unspecified atom stereocenters. The van der Waals surface area contributed by atoms with Gasteiger partial charge in [0.25, 0.3) is 0 Å². The van der Waals surface area contributed by atoms with Crippen LogP contribution in [0.3, 0.4) is 0 Å². The summed E-state index contributed by atoms with van der Waals surface area (Å²) < 4.78 is 18.7. The van der Waals surface area contributed by atoms with Crippen molar-refractivity contribution in [2.75, 3.05) is 0 Å². The Morgan fingerprint density at radius 1 is 1.02 bits per heavy atom. The molecule has 9 rings (SSSR count). The second kappa shape index (κ2) is 11.1. The Hall–Kier alpha value is -3.46. The van der Waals surface area contributed by atoms with Gasteiger partial charge in [-0.25, -0.2) is 9.78 Å². The van der Waals surface area contributed by atoms with Gasteiger partial charge in [0.1, 0.15) is 17.6 Å². The maximum atomic E-state index is 11.6. The summed E-state index contributed by atoms with van der Waals surface area (Å²) in [6.45, 7) is 0.419. The molecule has 232 valence electrons. The standard InChI is InChI=1S/C35H33Cl2N3O5/c36-26-17-38-18-27(37)29(26)30-25(31(45-40-30)21-3-4-21)19-43-35-12-9-34(10-13-35,11-14-35)8-7-20-1-2-22-16-28(33(41)42)39-32(24(22)15-20)44-23-5-6-23/h1-2,7-8,15-18,21,23H,3-6,9-14,19H2,(H,41,42). The van der Waals surface area contributed by atoms with E-state index >= 15 is 0 Å². The molecule has 1 aromatic carbocycles. The van der Waals surface area contributed by atoms with E-state index in [2.05, 4.69) is 33.3 Å². The lowest BCUT2D eigenvalue weighted by Gasteiger charge is -2.52. The molecule has 0 saturated heterocycles. The molecule has 5 fully saturated rings. The summed E-state index contributed by atoms with van der Waals surface area (Å²) >= 11 is 13.0. The summed E-state index contributed by atoms with van der Waals surface area (Å²) in [5, 5.41) is 16.5. The molecule has 5 saturated carbocycles. The van der Waals surface area contributed by atoms with Crippen molar-refractivity contribution in [1.82, 2.24) is 15.1 Å². The van der Waals surface area contributed by atoms with Crippen molar-refractivity contribution in [3.05, 3.63) is 75.4 Å². The number of halogens is 2. The van der Waals surface area contributed by atoms with Crippen LogP contribution >= 0.6 is 23.2 Å². The number of carboxylic acid groups (broad SMARTS) is 1. The lowest BCUT2D eigenvalue weighted by molar-refractivity contribution is -0.133. The van der Waals surface area contributed by atoms with Crippen molar-refractivity contribution in [2.24, 2.45) is 5.41 Å². The van der Waals surface area contributed by atoms with Crippen LogP contribution in [0.5, 0.6) is 5.88 Å². The molecule has 4 aromatic rings. The Bertz CT molecular complexity index is 1800. The number of pyridine rings is 2. The van der Waals surface area contributed by atoms with Gasteiger partial charge in [0.15, 0.2) is 5.69 Å². The average molecular weight is 647 g/mol. The third-order valence-corrected chi connectivity index (χ3v) is 10.7. The fraction of sp³-hybridized carbons (Fsp3) is 0.429. The Morgan fingerprint density at radius 3 is 2.42 bits per heavy atom. The van der Waals surface area contributed by atoms with Crippen molar-refractivity contribution in [3.8, 4) is 17.1 Å². The van der Waals surface area contributed by atoms with E-state index in [1.807, 2.05) is 12.1 Å². The zero-order chi connectivity index (χ0) is 30.8. The molecule has 0 spiro atoms. The lowest BCUT2D eigenvalue weighted by atomic mass is 9.58. The largest absolute Gasteiger partial charge is 0.477 e. The molecule has 5 aliphatic carbocycles. The van der Waals surface area contributed by atoms with Gasteiger partial charge in [-0.15, -0.1) is 0 Å². The van der Waals surface area contributed by atoms with E-state index in [1.165, 1.54) is 0 Å². The summed E-state index contributed by atoms with van der Waals surface area (Å²) in [7, 11) is 0. The molecule has 0 radical (unpaired) electrons. The molecular weight excluding hydrogens is 613 g/mol. The molecule has 0 atom stereocenters. The number of nitrogens with zero attached hydrogens (tertiary/aromatic N) is 3. The van der Waals surface area contributed by atoms with E-state index in [-0.39, 0.29) is 22.8 Å². The zero-order valence-electron chi connectivity index (χ0n) is 24.7. The number of allylic oxidation sites excluding steroid dienone is 1. The van der Waals surface area contributed by atoms with Crippen LogP contribution in [0.1, 0.15) is 97.5 Å². The van der Waals surface area contributed by atoms with Crippen LogP contribution < -0.4 is 4.74 Å². The highest BCUT2D eigenvalue weighted by molar-refractivity contribution is 6.38. The number of hydrogen-bond acceptors (Lipinski definition) is 7. The SMILES string of the molecule is O=C(O)c1cc2ccc(C=CC34CCC(OCc5c(-c6c(Cl)cncc6Cl)noc5C5CC5)(CC3)CC4)cc2c(OC2CC2)n1. The molecule has 10 heteroatoms. The monoisotopic (exact) mass is 645 g/mol. The number of hydrogen-bond donors (Lipinski definition) is 1. The third kappa shape index (κ3) is 5.62. The number of aromatic carboxylic acids is 1. The molecule has 45 heavy (non-hydrogen) atoms. The summed E-state index contributed by atoms with van der Waals surface area (Å²) in [6, 6.07) is 7.67. The second-order valence-corrected chi connectivity index (χ2v) is 14.0. The molecular formula is C35H33Cl2N3O5. The quantitative estimate of drug-likeness (QED) is 0.182. The maximum Gasteiger partial charge on any atom is 0.354 e. The highest BCUT2D eigenvalue weighted by atomic mass is 35.5. The van der Waals surface area contributed by atoms with Gasteiger partial charge in [-0.2, -0.15) is 0 Å². The second-order valence-electron chi connectivity index (χ2n) is 13.2. The van der Waals surface area contributed by atoms with Crippen LogP contribution in [0.25, 0.3) is 28.1 Å². The van der Waals surface area contributed by atoms with E-state index in [0.29, 0.717) is 39.7 Å². The molecule has 1 N–H and O–H groups in total. The first-order valence-electron chi connectivity index (χ1n) is 15.8. The minimum Gasteiger partial charge on any atom is -0.477 e. The molecule has 2 bridgehead atoms. The predicted octanol–water partition coefficient (Wildman–Crippen LogP) is 9.03.